The van der Waals surface area contributed by atoms with Crippen molar-refractivity contribution in [2.24, 2.45) is 0 Å². The van der Waals surface area contributed by atoms with Gasteiger partial charge in [0.1, 0.15) is 18.2 Å². The smallest absolute Gasteiger partial charge is 0.338 e. The lowest BCUT2D eigenvalue weighted by Crippen LogP contribution is -2.41. The molecule has 0 bridgehead atoms. The summed E-state index contributed by atoms with van der Waals surface area (Å²) in [5.41, 5.74) is 3.07. The topological polar surface area (TPSA) is 78.8 Å². The van der Waals surface area contributed by atoms with E-state index in [9.17, 15) is 19.4 Å². The number of aromatic hydroxyl groups is 1. The van der Waals surface area contributed by atoms with E-state index in [-0.39, 0.29) is 18.3 Å². The molecular weight excluding hydrogens is 433 g/mol. The number of ether oxygens (including phenoxy) is 1. The third-order valence-electron chi connectivity index (χ3n) is 6.38. The first-order valence-corrected chi connectivity index (χ1v) is 11.3. The number of carbonyl (C=O) groups excluding carboxylic acids is 1. The standard InChI is InChI=1S/C28H30FNO4/c1-18-5-4-6-19(9-18)14-28(3,33)16-27(2,21-11-22(29)13-24(31)12-21)17-30-23-7-8-25-20(10-23)15-34-26(25)32/h4-13,30-31,33H,14-17H2,1-3H3. The first kappa shape index (κ1) is 23.8. The highest BCUT2D eigenvalue weighted by atomic mass is 19.1. The van der Waals surface area contributed by atoms with Gasteiger partial charge in [-0.2, -0.15) is 0 Å². The Morgan fingerprint density at radius 1 is 1.09 bits per heavy atom. The minimum Gasteiger partial charge on any atom is -0.508 e. The molecule has 4 rings (SSSR count). The first-order valence-electron chi connectivity index (χ1n) is 11.3. The summed E-state index contributed by atoms with van der Waals surface area (Å²) in [5.74, 6) is -1.02. The van der Waals surface area contributed by atoms with Gasteiger partial charge in [0.15, 0.2) is 0 Å². The molecule has 0 aliphatic carbocycles. The molecule has 3 N–H and O–H groups in total. The summed E-state index contributed by atoms with van der Waals surface area (Å²) in [5, 5.41) is 24.9. The summed E-state index contributed by atoms with van der Waals surface area (Å²) in [6.45, 7) is 6.35. The monoisotopic (exact) mass is 463 g/mol. The predicted octanol–water partition coefficient (Wildman–Crippen LogP) is 5.26. The van der Waals surface area contributed by atoms with Crippen LogP contribution in [0.5, 0.6) is 5.75 Å². The summed E-state index contributed by atoms with van der Waals surface area (Å²) in [7, 11) is 0. The molecule has 3 aromatic rings. The molecule has 34 heavy (non-hydrogen) atoms. The predicted molar refractivity (Wildman–Crippen MR) is 130 cm³/mol. The van der Waals surface area contributed by atoms with Crippen LogP contribution in [0.4, 0.5) is 10.1 Å². The summed E-state index contributed by atoms with van der Waals surface area (Å²) in [6.07, 6.45) is 0.750. The van der Waals surface area contributed by atoms with Crippen molar-refractivity contribution >= 4 is 11.7 Å². The molecule has 178 valence electrons. The molecule has 6 heteroatoms. The van der Waals surface area contributed by atoms with E-state index < -0.39 is 16.8 Å². The zero-order valence-corrected chi connectivity index (χ0v) is 19.7. The lowest BCUT2D eigenvalue weighted by atomic mass is 9.72. The summed E-state index contributed by atoms with van der Waals surface area (Å²) < 4.78 is 19.3. The van der Waals surface area contributed by atoms with Gasteiger partial charge >= 0.3 is 5.97 Å². The fourth-order valence-corrected chi connectivity index (χ4v) is 4.89. The molecule has 0 amide bonds. The van der Waals surface area contributed by atoms with Gasteiger partial charge in [0.25, 0.3) is 0 Å². The molecule has 0 saturated carbocycles. The molecule has 0 radical (unpaired) electrons. The van der Waals surface area contributed by atoms with Crippen LogP contribution in [0.1, 0.15) is 52.9 Å². The van der Waals surface area contributed by atoms with Gasteiger partial charge in [-0.1, -0.05) is 36.8 Å². The Morgan fingerprint density at radius 3 is 2.62 bits per heavy atom. The van der Waals surface area contributed by atoms with Gasteiger partial charge in [0.2, 0.25) is 0 Å². The van der Waals surface area contributed by atoms with Gasteiger partial charge in [0, 0.05) is 35.7 Å². The number of benzene rings is 3. The third-order valence-corrected chi connectivity index (χ3v) is 6.38. The van der Waals surface area contributed by atoms with Crippen LogP contribution in [0, 0.1) is 12.7 Å². The molecule has 0 spiro atoms. The normalized spacial score (nSPS) is 16.3. The van der Waals surface area contributed by atoms with Crippen LogP contribution in [0.3, 0.4) is 0 Å². The molecule has 1 heterocycles. The number of fused-ring (bicyclic) bond motifs is 1. The van der Waals surface area contributed by atoms with E-state index in [1.165, 1.54) is 6.07 Å². The van der Waals surface area contributed by atoms with Crippen LogP contribution >= 0.6 is 0 Å². The Labute approximate surface area is 199 Å². The highest BCUT2D eigenvalue weighted by Gasteiger charge is 2.36. The van der Waals surface area contributed by atoms with E-state index in [0.29, 0.717) is 30.5 Å². The molecule has 0 aromatic heterocycles. The number of rotatable bonds is 8. The van der Waals surface area contributed by atoms with Gasteiger partial charge in [0.05, 0.1) is 11.2 Å². The van der Waals surface area contributed by atoms with Crippen molar-refractivity contribution in [1.29, 1.82) is 0 Å². The van der Waals surface area contributed by atoms with Crippen LogP contribution in [0.25, 0.3) is 0 Å². The van der Waals surface area contributed by atoms with Crippen molar-refractivity contribution < 1.29 is 24.1 Å². The lowest BCUT2D eigenvalue weighted by Gasteiger charge is -2.38. The zero-order valence-electron chi connectivity index (χ0n) is 19.7. The van der Waals surface area contributed by atoms with Crippen LogP contribution in [0.15, 0.2) is 60.7 Å². The molecule has 1 aliphatic rings. The summed E-state index contributed by atoms with van der Waals surface area (Å²) >= 11 is 0. The average molecular weight is 464 g/mol. The second kappa shape index (κ2) is 9.11. The molecule has 0 fully saturated rings. The van der Waals surface area contributed by atoms with Gasteiger partial charge in [-0.05, 0) is 61.7 Å². The van der Waals surface area contributed by atoms with E-state index >= 15 is 0 Å². The number of carbonyl (C=O) groups is 1. The SMILES string of the molecule is Cc1cccc(CC(C)(O)CC(C)(CNc2ccc3c(c2)COC3=O)c2cc(O)cc(F)c2)c1. The van der Waals surface area contributed by atoms with E-state index in [1.807, 2.05) is 44.2 Å². The van der Waals surface area contributed by atoms with Crippen molar-refractivity contribution in [3.63, 3.8) is 0 Å². The van der Waals surface area contributed by atoms with Gasteiger partial charge in [-0.15, -0.1) is 0 Å². The fraction of sp³-hybridized carbons (Fsp3) is 0.321. The maximum Gasteiger partial charge on any atom is 0.338 e. The van der Waals surface area contributed by atoms with Crippen molar-refractivity contribution in [2.75, 3.05) is 11.9 Å². The number of cyclic esters (lactones) is 1. The van der Waals surface area contributed by atoms with Crippen LogP contribution in [0.2, 0.25) is 0 Å². The maximum absolute atomic E-state index is 14.2. The number of halogens is 1. The number of phenolic OH excluding ortho intramolecular Hbond substituents is 1. The Balaban J connectivity index is 1.61. The number of nitrogens with one attached hydrogen (secondary N) is 1. The van der Waals surface area contributed by atoms with Crippen LogP contribution < -0.4 is 5.32 Å². The molecule has 2 unspecified atom stereocenters. The Morgan fingerprint density at radius 2 is 1.88 bits per heavy atom. The Hall–Kier alpha value is -3.38. The molecule has 0 saturated heterocycles. The Bertz CT molecular complexity index is 1200. The van der Waals surface area contributed by atoms with Gasteiger partial charge in [-0.3, -0.25) is 0 Å². The maximum atomic E-state index is 14.2. The molecule has 3 aromatic carbocycles. The third kappa shape index (κ3) is 5.39. The van der Waals surface area contributed by atoms with Gasteiger partial charge < -0.3 is 20.3 Å². The minimum absolute atomic E-state index is 0.159. The molecule has 2 atom stereocenters. The van der Waals surface area contributed by atoms with Crippen molar-refractivity contribution in [3.8, 4) is 5.75 Å². The quantitative estimate of drug-likeness (QED) is 0.397. The summed E-state index contributed by atoms with van der Waals surface area (Å²) in [4.78, 5) is 11.7. The summed E-state index contributed by atoms with van der Waals surface area (Å²) in [6, 6.07) is 17.4. The van der Waals surface area contributed by atoms with Gasteiger partial charge in [-0.25, -0.2) is 9.18 Å². The number of hydrogen-bond donors (Lipinski definition) is 3. The van der Waals surface area contributed by atoms with E-state index in [4.69, 9.17) is 4.74 Å². The number of esters is 1. The number of anilines is 1. The van der Waals surface area contributed by atoms with E-state index in [2.05, 4.69) is 5.32 Å². The molecular formula is C28H30FNO4. The highest BCUT2D eigenvalue weighted by Crippen LogP contribution is 2.37. The average Bonchev–Trinajstić information content (AvgIpc) is 3.11. The lowest BCUT2D eigenvalue weighted by molar-refractivity contribution is 0.0305. The van der Waals surface area contributed by atoms with Crippen LogP contribution in [-0.4, -0.2) is 28.3 Å². The Kier molecular flexibility index (Phi) is 6.36. The van der Waals surface area contributed by atoms with E-state index in [0.717, 1.165) is 28.4 Å². The zero-order chi connectivity index (χ0) is 24.5. The van der Waals surface area contributed by atoms with Crippen LogP contribution in [-0.2, 0) is 23.2 Å². The first-order chi connectivity index (χ1) is 16.0. The minimum atomic E-state index is -1.09. The van der Waals surface area contributed by atoms with E-state index in [1.54, 1.807) is 25.1 Å². The number of phenols is 1. The number of aryl methyl sites for hydroxylation is 1. The van der Waals surface area contributed by atoms with Crippen molar-refractivity contribution in [3.05, 3.63) is 94.3 Å². The van der Waals surface area contributed by atoms with Crippen molar-refractivity contribution in [2.45, 2.75) is 51.2 Å². The molecule has 1 aliphatic heterocycles. The number of aliphatic hydroxyl groups is 1. The van der Waals surface area contributed by atoms with Crippen molar-refractivity contribution in [1.82, 2.24) is 0 Å². The largest absolute Gasteiger partial charge is 0.508 e. The highest BCUT2D eigenvalue weighted by molar-refractivity contribution is 5.93. The second-order valence-corrected chi connectivity index (χ2v) is 9.90. The fourth-order valence-electron chi connectivity index (χ4n) is 4.89. The second-order valence-electron chi connectivity index (χ2n) is 9.90. The molecule has 5 nitrogen and oxygen atoms in total. The number of hydrogen-bond acceptors (Lipinski definition) is 5.